The lowest BCUT2D eigenvalue weighted by Crippen LogP contribution is -2.21. The summed E-state index contributed by atoms with van der Waals surface area (Å²) in [5.74, 6) is 0. The molecule has 0 atom stereocenters. The third kappa shape index (κ3) is 4.82. The Morgan fingerprint density at radius 2 is 1.75 bits per heavy atom. The lowest BCUT2D eigenvalue weighted by molar-refractivity contribution is 0.813. The van der Waals surface area contributed by atoms with Crippen LogP contribution in [0.5, 0.6) is 0 Å². The minimum absolute atomic E-state index is 0.246. The van der Waals surface area contributed by atoms with Crippen molar-refractivity contribution >= 4 is 52.6 Å². The zero-order chi connectivity index (χ0) is 17.7. The molecule has 0 spiro atoms. The maximum atomic E-state index is 5.82. The molecule has 0 radical (unpaired) electrons. The second-order valence-corrected chi connectivity index (χ2v) is 7.57. The lowest BCUT2D eigenvalue weighted by Gasteiger charge is -2.21. The Morgan fingerprint density at radius 1 is 1.04 bits per heavy atom. The van der Waals surface area contributed by atoms with Gasteiger partial charge < -0.3 is 4.90 Å². The molecule has 0 aliphatic carbocycles. The van der Waals surface area contributed by atoms with E-state index in [0.717, 1.165) is 18.7 Å². The van der Waals surface area contributed by atoms with Crippen molar-refractivity contribution in [1.82, 2.24) is 15.4 Å². The summed E-state index contributed by atoms with van der Waals surface area (Å²) in [6.07, 6.45) is 3.79. The minimum atomic E-state index is -1.61. The first-order chi connectivity index (χ1) is 11.3. The quantitative estimate of drug-likeness (QED) is 0.677. The van der Waals surface area contributed by atoms with E-state index in [9.17, 15) is 0 Å². The fourth-order valence-corrected chi connectivity index (χ4v) is 2.62. The van der Waals surface area contributed by atoms with Gasteiger partial charge in [-0.1, -0.05) is 46.9 Å². The van der Waals surface area contributed by atoms with Gasteiger partial charge in [0.05, 0.1) is 5.69 Å². The van der Waals surface area contributed by atoms with Crippen LogP contribution in [-0.4, -0.2) is 28.5 Å². The molecule has 0 saturated heterocycles. The molecule has 7 heteroatoms. The zero-order valence-corrected chi connectivity index (χ0v) is 16.1. The number of halogens is 3. The number of anilines is 1. The highest BCUT2D eigenvalue weighted by Crippen LogP contribution is 2.36. The van der Waals surface area contributed by atoms with Crippen molar-refractivity contribution in [3.8, 4) is 0 Å². The Labute approximate surface area is 157 Å². The average Bonchev–Trinajstić information content (AvgIpc) is 2.55. The molecule has 1 aromatic heterocycles. The van der Waals surface area contributed by atoms with Gasteiger partial charge in [-0.15, -0.1) is 10.2 Å². The van der Waals surface area contributed by atoms with Gasteiger partial charge in [0.25, 0.3) is 0 Å². The van der Waals surface area contributed by atoms with E-state index in [1.165, 1.54) is 11.3 Å². The Kier molecular flexibility index (Phi) is 6.44. The molecule has 0 saturated carbocycles. The number of alkyl halides is 3. The van der Waals surface area contributed by atoms with Crippen LogP contribution in [0.3, 0.4) is 0 Å². The maximum absolute atomic E-state index is 5.82. The van der Waals surface area contributed by atoms with Crippen molar-refractivity contribution < 1.29 is 0 Å². The van der Waals surface area contributed by atoms with Crippen LogP contribution in [0.1, 0.15) is 36.4 Å². The number of aromatic nitrogens is 3. The van der Waals surface area contributed by atoms with Gasteiger partial charge in [-0.05, 0) is 61.4 Å². The number of nitrogens with zero attached hydrogens (tertiary/aromatic N) is 4. The second-order valence-electron chi connectivity index (χ2n) is 5.29. The second kappa shape index (κ2) is 8.15. The minimum Gasteiger partial charge on any atom is -0.372 e. The van der Waals surface area contributed by atoms with Crippen LogP contribution in [0.4, 0.5) is 5.69 Å². The molecular weight excluding hydrogens is 367 g/mol. The number of benzene rings is 1. The molecule has 0 aliphatic heterocycles. The molecule has 0 aliphatic rings. The van der Waals surface area contributed by atoms with Crippen molar-refractivity contribution in [3.63, 3.8) is 0 Å². The van der Waals surface area contributed by atoms with Crippen molar-refractivity contribution in [3.05, 3.63) is 46.8 Å². The van der Waals surface area contributed by atoms with Crippen LogP contribution >= 0.6 is 34.8 Å². The first kappa shape index (κ1) is 19.0. The smallest absolute Gasteiger partial charge is 0.234 e. The van der Waals surface area contributed by atoms with Crippen molar-refractivity contribution in [2.45, 2.75) is 24.6 Å². The summed E-state index contributed by atoms with van der Waals surface area (Å²) < 4.78 is -1.61. The van der Waals surface area contributed by atoms with Gasteiger partial charge in [-0.3, -0.25) is 0 Å². The first-order valence-electron chi connectivity index (χ1n) is 7.66. The Bertz CT molecular complexity index is 722. The molecule has 2 aromatic rings. The molecule has 0 N–H and O–H groups in total. The summed E-state index contributed by atoms with van der Waals surface area (Å²) in [6.45, 7) is 8.35. The first-order valence-corrected chi connectivity index (χ1v) is 8.79. The summed E-state index contributed by atoms with van der Waals surface area (Å²) in [5, 5.41) is 11.3. The Morgan fingerprint density at radius 3 is 2.33 bits per heavy atom. The van der Waals surface area contributed by atoms with E-state index in [2.05, 4.69) is 59.3 Å². The van der Waals surface area contributed by atoms with Crippen LogP contribution in [0.25, 0.3) is 12.2 Å². The van der Waals surface area contributed by atoms with Gasteiger partial charge in [0.2, 0.25) is 3.79 Å². The van der Waals surface area contributed by atoms with Crippen LogP contribution in [0, 0.1) is 6.92 Å². The van der Waals surface area contributed by atoms with Gasteiger partial charge >= 0.3 is 0 Å². The third-order valence-corrected chi connectivity index (χ3v) is 4.28. The van der Waals surface area contributed by atoms with Gasteiger partial charge in [-0.25, -0.2) is 0 Å². The van der Waals surface area contributed by atoms with Gasteiger partial charge in [0.1, 0.15) is 5.69 Å². The summed E-state index contributed by atoms with van der Waals surface area (Å²) >= 11 is 17.5. The normalized spacial score (nSPS) is 11.9. The van der Waals surface area contributed by atoms with E-state index < -0.39 is 3.79 Å². The average molecular weight is 386 g/mol. The van der Waals surface area contributed by atoms with Gasteiger partial charge in [-0.2, -0.15) is 0 Å². The monoisotopic (exact) mass is 384 g/mol. The van der Waals surface area contributed by atoms with Crippen molar-refractivity contribution in [1.29, 1.82) is 0 Å². The zero-order valence-electron chi connectivity index (χ0n) is 13.8. The topological polar surface area (TPSA) is 41.9 Å². The van der Waals surface area contributed by atoms with Crippen LogP contribution in [-0.2, 0) is 3.79 Å². The highest BCUT2D eigenvalue weighted by molar-refractivity contribution is 6.66. The lowest BCUT2D eigenvalue weighted by atomic mass is 10.1. The highest BCUT2D eigenvalue weighted by Gasteiger charge is 2.25. The molecule has 1 aromatic carbocycles. The Balaban J connectivity index is 2.24. The number of hydrogen-bond donors (Lipinski definition) is 0. The molecule has 128 valence electrons. The Hall–Kier alpha value is -1.36. The molecule has 0 fully saturated rings. The number of hydrogen-bond acceptors (Lipinski definition) is 4. The van der Waals surface area contributed by atoms with E-state index in [-0.39, 0.29) is 5.69 Å². The fraction of sp³-hybridized carbons (Fsp3) is 0.353. The van der Waals surface area contributed by atoms with Gasteiger partial charge in [0.15, 0.2) is 0 Å². The van der Waals surface area contributed by atoms with Crippen LogP contribution in [0.15, 0.2) is 24.3 Å². The third-order valence-electron chi connectivity index (χ3n) is 3.70. The van der Waals surface area contributed by atoms with E-state index in [0.29, 0.717) is 5.69 Å². The van der Waals surface area contributed by atoms with Crippen molar-refractivity contribution in [2.75, 3.05) is 18.0 Å². The number of aryl methyl sites for hydroxylation is 1. The fourth-order valence-electron chi connectivity index (χ4n) is 2.35. The van der Waals surface area contributed by atoms with Crippen LogP contribution in [0.2, 0.25) is 0 Å². The summed E-state index contributed by atoms with van der Waals surface area (Å²) in [5.41, 5.74) is 4.32. The maximum Gasteiger partial charge on any atom is 0.234 e. The van der Waals surface area contributed by atoms with Crippen LogP contribution < -0.4 is 4.90 Å². The predicted octanol–water partition coefficient (Wildman–Crippen LogP) is 5.02. The molecule has 24 heavy (non-hydrogen) atoms. The molecule has 1 heterocycles. The molecule has 4 nitrogen and oxygen atoms in total. The largest absolute Gasteiger partial charge is 0.372 e. The highest BCUT2D eigenvalue weighted by atomic mass is 35.6. The summed E-state index contributed by atoms with van der Waals surface area (Å²) in [4.78, 5) is 2.31. The molecule has 0 unspecified atom stereocenters. The standard InChI is InChI=1S/C17H19Cl3N4/c1-4-24(5-2)15-9-7-13(12(3)10-15)6-8-14-11-16(17(18,19)20)22-23-21-14/h6-11H,4-5H2,1-3H3. The van der Waals surface area contributed by atoms with E-state index in [1.807, 2.05) is 12.2 Å². The van der Waals surface area contributed by atoms with Crippen molar-refractivity contribution in [2.24, 2.45) is 0 Å². The van der Waals surface area contributed by atoms with Gasteiger partial charge in [0, 0.05) is 18.8 Å². The van der Waals surface area contributed by atoms with E-state index >= 15 is 0 Å². The summed E-state index contributed by atoms with van der Waals surface area (Å²) in [6, 6.07) is 7.99. The molecule has 0 amide bonds. The molecular formula is C17H19Cl3N4. The SMILES string of the molecule is CCN(CC)c1ccc(C=Cc2cc(C(Cl)(Cl)Cl)nnn2)c(C)c1. The predicted molar refractivity (Wildman–Crippen MR) is 103 cm³/mol. The molecule has 0 bridgehead atoms. The van der Waals surface area contributed by atoms with E-state index in [1.54, 1.807) is 6.07 Å². The van der Waals surface area contributed by atoms with E-state index in [4.69, 9.17) is 34.8 Å². The summed E-state index contributed by atoms with van der Waals surface area (Å²) in [7, 11) is 0. The molecule has 2 rings (SSSR count). The number of rotatable bonds is 5.